The largest absolute Gasteiger partial charge is 0.454 e. The van der Waals surface area contributed by atoms with E-state index in [0.29, 0.717) is 22.7 Å². The first-order valence-corrected chi connectivity index (χ1v) is 6.04. The summed E-state index contributed by atoms with van der Waals surface area (Å²) in [6.07, 6.45) is 0. The average molecular weight is 300 g/mol. The quantitative estimate of drug-likeness (QED) is 0.684. The van der Waals surface area contributed by atoms with Crippen LogP contribution in [0.15, 0.2) is 12.1 Å². The predicted molar refractivity (Wildman–Crippen MR) is 65.0 cm³/mol. The highest BCUT2D eigenvalue weighted by Gasteiger charge is 2.19. The molecule has 0 bridgehead atoms. The Labute approximate surface area is 106 Å². The molecule has 1 aliphatic heterocycles. The van der Waals surface area contributed by atoms with Crippen molar-refractivity contribution in [2.24, 2.45) is 0 Å². The minimum Gasteiger partial charge on any atom is -0.454 e. The number of carbonyl (C=O) groups excluding carboxylic acids is 2. The second-order valence-electron chi connectivity index (χ2n) is 3.49. The van der Waals surface area contributed by atoms with Crippen molar-refractivity contribution in [2.45, 2.75) is 6.92 Å². The molecule has 0 radical (unpaired) electrons. The van der Waals surface area contributed by atoms with E-state index in [1.54, 1.807) is 12.1 Å². The van der Waals surface area contributed by atoms with Crippen molar-refractivity contribution in [2.75, 3.05) is 17.4 Å². The van der Waals surface area contributed by atoms with E-state index in [1.165, 1.54) is 6.92 Å². The molecule has 1 heterocycles. The number of rotatable bonds is 3. The van der Waals surface area contributed by atoms with Gasteiger partial charge in [-0.15, -0.1) is 0 Å². The number of halogens is 1. The van der Waals surface area contributed by atoms with Gasteiger partial charge in [-0.25, -0.2) is 0 Å². The fraction of sp³-hybridized carbons (Fsp3) is 0.273. The van der Waals surface area contributed by atoms with Crippen molar-refractivity contribution in [3.63, 3.8) is 0 Å². The Kier molecular flexibility index (Phi) is 3.33. The van der Waals surface area contributed by atoms with Gasteiger partial charge in [-0.1, -0.05) is 15.9 Å². The summed E-state index contributed by atoms with van der Waals surface area (Å²) in [5.74, 6) is 0.673. The molecule has 1 amide bonds. The van der Waals surface area contributed by atoms with E-state index in [9.17, 15) is 9.59 Å². The van der Waals surface area contributed by atoms with Gasteiger partial charge in [-0.05, 0) is 13.0 Å². The van der Waals surface area contributed by atoms with Gasteiger partial charge in [0.2, 0.25) is 12.7 Å². The Morgan fingerprint density at radius 1 is 1.35 bits per heavy atom. The molecule has 0 fully saturated rings. The van der Waals surface area contributed by atoms with E-state index >= 15 is 0 Å². The summed E-state index contributed by atoms with van der Waals surface area (Å²) in [4.78, 5) is 22.8. The van der Waals surface area contributed by atoms with Gasteiger partial charge in [0.05, 0.1) is 11.0 Å². The van der Waals surface area contributed by atoms with Crippen molar-refractivity contribution < 1.29 is 19.1 Å². The van der Waals surface area contributed by atoms with Crippen molar-refractivity contribution in [3.8, 4) is 11.5 Å². The van der Waals surface area contributed by atoms with Gasteiger partial charge in [0.15, 0.2) is 17.3 Å². The number of amides is 1. The first-order valence-electron chi connectivity index (χ1n) is 4.92. The number of fused-ring (bicyclic) bond motifs is 1. The zero-order valence-electron chi connectivity index (χ0n) is 9.08. The summed E-state index contributed by atoms with van der Waals surface area (Å²) in [5.41, 5.74) is 0.842. The number of carbonyl (C=O) groups is 2. The van der Waals surface area contributed by atoms with Crippen LogP contribution in [-0.4, -0.2) is 23.8 Å². The van der Waals surface area contributed by atoms with Gasteiger partial charge < -0.3 is 14.8 Å². The van der Waals surface area contributed by atoms with Crippen molar-refractivity contribution in [1.82, 2.24) is 0 Å². The molecule has 0 atom stereocenters. The molecule has 90 valence electrons. The Morgan fingerprint density at radius 2 is 2.00 bits per heavy atom. The van der Waals surface area contributed by atoms with Crippen molar-refractivity contribution in [3.05, 3.63) is 17.7 Å². The van der Waals surface area contributed by atoms with Crippen molar-refractivity contribution >= 4 is 33.3 Å². The van der Waals surface area contributed by atoms with E-state index in [-0.39, 0.29) is 23.8 Å². The van der Waals surface area contributed by atoms with E-state index in [2.05, 4.69) is 21.2 Å². The Balaban J connectivity index is 2.41. The normalized spacial score (nSPS) is 12.4. The highest BCUT2D eigenvalue weighted by Crippen LogP contribution is 2.37. The third-order valence-corrected chi connectivity index (χ3v) is 2.80. The van der Waals surface area contributed by atoms with Crippen LogP contribution in [0.3, 0.4) is 0 Å². The molecule has 1 aromatic carbocycles. The third kappa shape index (κ3) is 2.41. The zero-order valence-corrected chi connectivity index (χ0v) is 10.7. The summed E-state index contributed by atoms with van der Waals surface area (Å²) in [6, 6.07) is 3.17. The van der Waals surface area contributed by atoms with Crippen LogP contribution in [0, 0.1) is 0 Å². The van der Waals surface area contributed by atoms with Gasteiger partial charge in [-0.2, -0.15) is 0 Å². The first-order chi connectivity index (χ1) is 8.11. The molecule has 5 nitrogen and oxygen atoms in total. The molecule has 1 N–H and O–H groups in total. The van der Waals surface area contributed by atoms with E-state index in [1.807, 2.05) is 0 Å². The third-order valence-electron chi connectivity index (χ3n) is 2.29. The number of hydrogen-bond acceptors (Lipinski definition) is 4. The van der Waals surface area contributed by atoms with Gasteiger partial charge in [0, 0.05) is 11.6 Å². The van der Waals surface area contributed by atoms with Crippen molar-refractivity contribution in [1.29, 1.82) is 0 Å². The van der Waals surface area contributed by atoms with Crippen LogP contribution >= 0.6 is 15.9 Å². The lowest BCUT2D eigenvalue weighted by molar-refractivity contribution is -0.113. The number of Topliss-reactive ketones (excluding diaryl/α,β-unsaturated/α-hetero) is 1. The Hall–Kier alpha value is -1.56. The second-order valence-corrected chi connectivity index (χ2v) is 4.05. The topological polar surface area (TPSA) is 64.6 Å². The highest BCUT2D eigenvalue weighted by molar-refractivity contribution is 9.09. The molecule has 17 heavy (non-hydrogen) atoms. The number of hydrogen-bond donors (Lipinski definition) is 1. The lowest BCUT2D eigenvalue weighted by Gasteiger charge is -2.09. The van der Waals surface area contributed by atoms with Crippen LogP contribution in [0.25, 0.3) is 0 Å². The van der Waals surface area contributed by atoms with Crippen LogP contribution < -0.4 is 14.8 Å². The van der Waals surface area contributed by atoms with E-state index in [0.717, 1.165) is 0 Å². The summed E-state index contributed by atoms with van der Waals surface area (Å²) >= 11 is 3.04. The summed E-state index contributed by atoms with van der Waals surface area (Å²) in [5, 5.41) is 2.79. The van der Waals surface area contributed by atoms with Gasteiger partial charge in [0.1, 0.15) is 0 Å². The van der Waals surface area contributed by atoms with Crippen LogP contribution in [0.4, 0.5) is 5.69 Å². The SMILES string of the molecule is CC(=O)c1cc2c(cc1NC(=O)CBr)OCO2. The number of benzene rings is 1. The highest BCUT2D eigenvalue weighted by atomic mass is 79.9. The molecule has 1 aliphatic rings. The first kappa shape index (κ1) is 11.9. The van der Waals surface area contributed by atoms with Crippen LogP contribution in [-0.2, 0) is 4.79 Å². The number of ketones is 1. The Morgan fingerprint density at radius 3 is 2.59 bits per heavy atom. The molecule has 2 rings (SSSR count). The lowest BCUT2D eigenvalue weighted by Crippen LogP contribution is -2.14. The molecule has 6 heteroatoms. The van der Waals surface area contributed by atoms with Crippen LogP contribution in [0.1, 0.15) is 17.3 Å². The lowest BCUT2D eigenvalue weighted by atomic mass is 10.1. The average Bonchev–Trinajstić information content (AvgIpc) is 2.74. The molecule has 1 aromatic rings. The Bertz CT molecular complexity index is 487. The maximum absolute atomic E-state index is 11.5. The fourth-order valence-electron chi connectivity index (χ4n) is 1.52. The zero-order chi connectivity index (χ0) is 12.4. The summed E-state index contributed by atoms with van der Waals surface area (Å²) < 4.78 is 10.4. The van der Waals surface area contributed by atoms with Crippen LogP contribution in [0.2, 0.25) is 0 Å². The summed E-state index contributed by atoms with van der Waals surface area (Å²) in [7, 11) is 0. The number of anilines is 1. The molecule has 0 aliphatic carbocycles. The molecule has 0 spiro atoms. The molecule has 0 aromatic heterocycles. The minimum absolute atomic E-state index is 0.128. The fourth-order valence-corrected chi connectivity index (χ4v) is 1.66. The maximum atomic E-state index is 11.5. The molecule has 0 unspecified atom stereocenters. The molecule has 0 saturated heterocycles. The van der Waals surface area contributed by atoms with Crippen LogP contribution in [0.5, 0.6) is 11.5 Å². The van der Waals surface area contributed by atoms with E-state index in [4.69, 9.17) is 9.47 Å². The van der Waals surface area contributed by atoms with Gasteiger partial charge in [0.25, 0.3) is 0 Å². The number of alkyl halides is 1. The molecular weight excluding hydrogens is 290 g/mol. The predicted octanol–water partition coefficient (Wildman–Crippen LogP) is 1.95. The monoisotopic (exact) mass is 299 g/mol. The van der Waals surface area contributed by atoms with Gasteiger partial charge in [-0.3, -0.25) is 9.59 Å². The standard InChI is InChI=1S/C11H10BrNO4/c1-6(14)7-2-9-10(17-5-16-9)3-8(7)13-11(15)4-12/h2-3H,4-5H2,1H3,(H,13,15). The minimum atomic E-state index is -0.230. The molecular formula is C11H10BrNO4. The maximum Gasteiger partial charge on any atom is 0.235 e. The summed E-state index contributed by atoms with van der Waals surface area (Å²) in [6.45, 7) is 1.56. The smallest absolute Gasteiger partial charge is 0.235 e. The molecule has 0 saturated carbocycles. The second kappa shape index (κ2) is 4.75. The van der Waals surface area contributed by atoms with Gasteiger partial charge >= 0.3 is 0 Å². The number of nitrogens with one attached hydrogen (secondary N) is 1. The number of ether oxygens (including phenoxy) is 2. The van der Waals surface area contributed by atoms with E-state index < -0.39 is 0 Å².